The lowest BCUT2D eigenvalue weighted by Gasteiger charge is -2.28. The molecular weight excluding hydrogens is 399 g/mol. The fourth-order valence-corrected chi connectivity index (χ4v) is 3.83. The molecule has 4 nitrogen and oxygen atoms in total. The van der Waals surface area contributed by atoms with Gasteiger partial charge in [-0.05, 0) is 43.2 Å². The third-order valence-electron chi connectivity index (χ3n) is 4.23. The molecule has 7 heteroatoms. The highest BCUT2D eigenvalue weighted by molar-refractivity contribution is 7.99. The molecule has 0 unspecified atom stereocenters. The number of likely N-dealkylation sites (N-methyl/N-ethyl adjacent to an activating group) is 1. The average molecular weight is 423 g/mol. The summed E-state index contributed by atoms with van der Waals surface area (Å²) in [5.74, 6) is 0.115. The fraction of sp³-hybridized carbons (Fsp3) is 0.333. The van der Waals surface area contributed by atoms with E-state index in [1.54, 1.807) is 19.1 Å². The van der Waals surface area contributed by atoms with Crippen molar-refractivity contribution in [3.63, 3.8) is 0 Å². The first kappa shape index (κ1) is 22.2. The molecule has 1 N–H and O–H groups in total. The Labute approximate surface area is 174 Å². The number of nitrogens with zero attached hydrogens (tertiary/aromatic N) is 1. The van der Waals surface area contributed by atoms with E-state index in [1.165, 1.54) is 28.8 Å². The largest absolute Gasteiger partial charge is 0.355 e. The molecule has 2 aromatic rings. The van der Waals surface area contributed by atoms with E-state index in [9.17, 15) is 14.0 Å². The van der Waals surface area contributed by atoms with Crippen LogP contribution < -0.4 is 5.32 Å². The van der Waals surface area contributed by atoms with E-state index >= 15 is 0 Å². The lowest BCUT2D eigenvalue weighted by Crippen LogP contribution is -2.48. The Balaban J connectivity index is 2.05. The maximum Gasteiger partial charge on any atom is 0.242 e. The van der Waals surface area contributed by atoms with Crippen LogP contribution in [0.15, 0.2) is 48.5 Å². The van der Waals surface area contributed by atoms with Crippen molar-refractivity contribution >= 4 is 35.2 Å². The molecule has 0 aliphatic rings. The van der Waals surface area contributed by atoms with Crippen LogP contribution in [0.25, 0.3) is 0 Å². The minimum Gasteiger partial charge on any atom is -0.355 e. The van der Waals surface area contributed by atoms with Crippen LogP contribution in [0.1, 0.15) is 25.0 Å². The minimum absolute atomic E-state index is 0.153. The minimum atomic E-state index is -0.626. The molecule has 0 saturated carbocycles. The summed E-state index contributed by atoms with van der Waals surface area (Å²) in [6.45, 7) is 4.26. The molecule has 0 saturated heterocycles. The third-order valence-corrected chi connectivity index (χ3v) is 5.56. The van der Waals surface area contributed by atoms with Gasteiger partial charge < -0.3 is 10.2 Å². The van der Waals surface area contributed by atoms with Crippen LogP contribution >= 0.6 is 23.4 Å². The van der Waals surface area contributed by atoms with Gasteiger partial charge >= 0.3 is 0 Å². The van der Waals surface area contributed by atoms with Crippen LogP contribution in [0, 0.1) is 5.82 Å². The number of halogens is 2. The Hall–Kier alpha value is -2.05. The average Bonchev–Trinajstić information content (AvgIpc) is 2.68. The summed E-state index contributed by atoms with van der Waals surface area (Å²) in [6.07, 6.45) is 0. The molecular formula is C21H24ClFN2O2S. The second-order valence-electron chi connectivity index (χ2n) is 6.30. The summed E-state index contributed by atoms with van der Waals surface area (Å²) < 4.78 is 13.2. The first-order valence-corrected chi connectivity index (χ1v) is 10.6. The highest BCUT2D eigenvalue weighted by atomic mass is 35.5. The number of thioether (sulfide) groups is 1. The van der Waals surface area contributed by atoms with Crippen LogP contribution in [0.2, 0.25) is 5.02 Å². The molecule has 0 aliphatic heterocycles. The molecule has 2 aromatic carbocycles. The molecule has 0 heterocycles. The number of nitrogens with one attached hydrogen (secondary N) is 1. The van der Waals surface area contributed by atoms with Gasteiger partial charge in [0.05, 0.1) is 5.75 Å². The second-order valence-corrected chi connectivity index (χ2v) is 7.70. The molecule has 28 heavy (non-hydrogen) atoms. The Kier molecular flexibility index (Phi) is 8.80. The zero-order valence-electron chi connectivity index (χ0n) is 16.0. The van der Waals surface area contributed by atoms with Gasteiger partial charge in [-0.2, -0.15) is 0 Å². The number of hydrogen-bond acceptors (Lipinski definition) is 3. The zero-order chi connectivity index (χ0) is 20.5. The summed E-state index contributed by atoms with van der Waals surface area (Å²) in [4.78, 5) is 26.7. The van der Waals surface area contributed by atoms with Gasteiger partial charge in [-0.3, -0.25) is 9.59 Å². The van der Waals surface area contributed by atoms with Crippen molar-refractivity contribution in [2.75, 3.05) is 12.3 Å². The topological polar surface area (TPSA) is 49.4 Å². The van der Waals surface area contributed by atoms with Crippen LogP contribution in [0.5, 0.6) is 0 Å². The van der Waals surface area contributed by atoms with E-state index in [2.05, 4.69) is 5.32 Å². The van der Waals surface area contributed by atoms with Gasteiger partial charge in [0.2, 0.25) is 11.8 Å². The second kappa shape index (κ2) is 11.1. The zero-order valence-corrected chi connectivity index (χ0v) is 17.5. The van der Waals surface area contributed by atoms with Crippen LogP contribution in [-0.4, -0.2) is 35.1 Å². The summed E-state index contributed by atoms with van der Waals surface area (Å²) in [5, 5.41) is 3.42. The van der Waals surface area contributed by atoms with Gasteiger partial charge in [0.1, 0.15) is 11.9 Å². The SMILES string of the molecule is CCNC(=O)[C@@H](C)N(Cc1ccc(F)cc1)C(=O)CSCc1ccccc1Cl. The maximum absolute atomic E-state index is 13.2. The number of carbonyl (C=O) groups is 2. The Morgan fingerprint density at radius 1 is 1.18 bits per heavy atom. The first-order chi connectivity index (χ1) is 13.4. The number of amides is 2. The highest BCUT2D eigenvalue weighted by Crippen LogP contribution is 2.21. The van der Waals surface area contributed by atoms with Crippen molar-refractivity contribution in [1.82, 2.24) is 10.2 Å². The number of hydrogen-bond donors (Lipinski definition) is 1. The molecule has 1 atom stereocenters. The van der Waals surface area contributed by atoms with Crippen molar-refractivity contribution in [3.8, 4) is 0 Å². The van der Waals surface area contributed by atoms with Gasteiger partial charge in [0.15, 0.2) is 0 Å². The maximum atomic E-state index is 13.2. The van der Waals surface area contributed by atoms with Gasteiger partial charge in [-0.25, -0.2) is 4.39 Å². The normalized spacial score (nSPS) is 11.7. The quantitative estimate of drug-likeness (QED) is 0.656. The van der Waals surface area contributed by atoms with Crippen LogP contribution in [0.4, 0.5) is 4.39 Å². The predicted molar refractivity (Wildman–Crippen MR) is 113 cm³/mol. The van der Waals surface area contributed by atoms with Gasteiger partial charge in [0.25, 0.3) is 0 Å². The van der Waals surface area contributed by atoms with E-state index in [0.717, 1.165) is 11.1 Å². The van der Waals surface area contributed by atoms with Crippen molar-refractivity contribution < 1.29 is 14.0 Å². The van der Waals surface area contributed by atoms with E-state index in [0.29, 0.717) is 17.3 Å². The van der Waals surface area contributed by atoms with Crippen molar-refractivity contribution in [2.24, 2.45) is 0 Å². The summed E-state index contributed by atoms with van der Waals surface area (Å²) in [6, 6.07) is 12.8. The van der Waals surface area contributed by atoms with Gasteiger partial charge in [-0.15, -0.1) is 11.8 Å². The van der Waals surface area contributed by atoms with Gasteiger partial charge in [-0.1, -0.05) is 41.9 Å². The monoisotopic (exact) mass is 422 g/mol. The van der Waals surface area contributed by atoms with E-state index < -0.39 is 6.04 Å². The summed E-state index contributed by atoms with van der Waals surface area (Å²) >= 11 is 7.60. The molecule has 0 radical (unpaired) electrons. The highest BCUT2D eigenvalue weighted by Gasteiger charge is 2.25. The Bertz CT molecular complexity index is 801. The summed E-state index contributed by atoms with van der Waals surface area (Å²) in [7, 11) is 0. The van der Waals surface area contributed by atoms with E-state index in [-0.39, 0.29) is 29.9 Å². The van der Waals surface area contributed by atoms with Crippen molar-refractivity contribution in [2.45, 2.75) is 32.2 Å². The van der Waals surface area contributed by atoms with Gasteiger partial charge in [0, 0.05) is 23.9 Å². The number of rotatable bonds is 9. The molecule has 150 valence electrons. The van der Waals surface area contributed by atoms with Crippen LogP contribution in [0.3, 0.4) is 0 Å². The smallest absolute Gasteiger partial charge is 0.242 e. The molecule has 2 amide bonds. The van der Waals surface area contributed by atoms with E-state index in [1.807, 2.05) is 31.2 Å². The molecule has 0 bridgehead atoms. The van der Waals surface area contributed by atoms with Crippen molar-refractivity contribution in [1.29, 1.82) is 0 Å². The summed E-state index contributed by atoms with van der Waals surface area (Å²) in [5.41, 5.74) is 1.73. The third kappa shape index (κ3) is 6.53. The molecule has 2 rings (SSSR count). The standard InChI is InChI=1S/C21H24ClFN2O2S/c1-3-24-21(27)15(2)25(12-16-8-10-18(23)11-9-16)20(26)14-28-13-17-6-4-5-7-19(17)22/h4-11,15H,3,12-14H2,1-2H3,(H,24,27)/t15-/m1/s1. The Morgan fingerprint density at radius 2 is 1.86 bits per heavy atom. The lowest BCUT2D eigenvalue weighted by atomic mass is 10.1. The van der Waals surface area contributed by atoms with E-state index in [4.69, 9.17) is 11.6 Å². The fourth-order valence-electron chi connectivity index (χ4n) is 2.64. The van der Waals surface area contributed by atoms with Crippen molar-refractivity contribution in [3.05, 3.63) is 70.5 Å². The molecule has 0 fully saturated rings. The number of benzene rings is 2. The predicted octanol–water partition coefficient (Wildman–Crippen LogP) is 4.27. The number of carbonyl (C=O) groups excluding carboxylic acids is 2. The Morgan fingerprint density at radius 3 is 2.50 bits per heavy atom. The molecule has 0 spiro atoms. The molecule has 0 aromatic heterocycles. The molecule has 0 aliphatic carbocycles. The first-order valence-electron chi connectivity index (χ1n) is 9.05. The lowest BCUT2D eigenvalue weighted by molar-refractivity contribution is -0.138. The van der Waals surface area contributed by atoms with Crippen LogP contribution in [-0.2, 0) is 21.9 Å².